The van der Waals surface area contributed by atoms with Gasteiger partial charge in [0, 0.05) is 19.6 Å². The lowest BCUT2D eigenvalue weighted by atomic mass is 10.2. The second-order valence-electron chi connectivity index (χ2n) is 3.16. The van der Waals surface area contributed by atoms with Gasteiger partial charge in [0.2, 0.25) is 0 Å². The maximum Gasteiger partial charge on any atom is 0.324 e. The van der Waals surface area contributed by atoms with Gasteiger partial charge >= 0.3 is 5.97 Å². The van der Waals surface area contributed by atoms with E-state index in [9.17, 15) is 4.79 Å². The van der Waals surface area contributed by atoms with E-state index in [1.807, 2.05) is 4.90 Å². The average Bonchev–Trinajstić information content (AvgIpc) is 2.33. The topological polar surface area (TPSA) is 52.6 Å². The zero-order chi connectivity index (χ0) is 9.68. The van der Waals surface area contributed by atoms with Crippen LogP contribution in [0.3, 0.4) is 0 Å². The van der Waals surface area contributed by atoms with Crippen molar-refractivity contribution < 1.29 is 9.90 Å². The average molecular weight is 184 g/mol. The van der Waals surface area contributed by atoms with Crippen LogP contribution in [0.2, 0.25) is 0 Å². The van der Waals surface area contributed by atoms with Gasteiger partial charge in [-0.2, -0.15) is 0 Å². The maximum absolute atomic E-state index is 10.8. The highest BCUT2D eigenvalue weighted by Gasteiger charge is 2.22. The molecule has 0 aromatic carbocycles. The molecule has 0 aromatic heterocycles. The van der Waals surface area contributed by atoms with Gasteiger partial charge in [-0.15, -0.1) is 6.58 Å². The molecule has 1 saturated heterocycles. The van der Waals surface area contributed by atoms with Gasteiger partial charge in [0.05, 0.1) is 0 Å². The number of nitrogens with one attached hydrogen (secondary N) is 1. The minimum atomic E-state index is -0.808. The zero-order valence-corrected chi connectivity index (χ0v) is 7.70. The first-order valence-corrected chi connectivity index (χ1v) is 4.56. The van der Waals surface area contributed by atoms with E-state index in [1.54, 1.807) is 0 Å². The number of hydrogen-bond acceptors (Lipinski definition) is 3. The van der Waals surface area contributed by atoms with Gasteiger partial charge in [0.15, 0.2) is 0 Å². The summed E-state index contributed by atoms with van der Waals surface area (Å²) in [5.74, 6) is -0.808. The molecule has 0 aliphatic carbocycles. The SMILES string of the molecule is C=CC(C(=O)O)N1CCCNCC1. The molecule has 0 aromatic rings. The van der Waals surface area contributed by atoms with Crippen LogP contribution < -0.4 is 5.32 Å². The van der Waals surface area contributed by atoms with Crippen molar-refractivity contribution in [2.75, 3.05) is 26.2 Å². The molecule has 0 bridgehead atoms. The van der Waals surface area contributed by atoms with Gasteiger partial charge in [0.1, 0.15) is 6.04 Å². The standard InChI is InChI=1S/C9H16N2O2/c1-2-8(9(12)13)11-6-3-4-10-5-7-11/h2,8,10H,1,3-7H2,(H,12,13). The number of hydrogen-bond donors (Lipinski definition) is 2. The van der Waals surface area contributed by atoms with Crippen molar-refractivity contribution >= 4 is 5.97 Å². The second kappa shape index (κ2) is 4.99. The molecule has 1 rings (SSSR count). The maximum atomic E-state index is 10.8. The number of nitrogens with zero attached hydrogens (tertiary/aromatic N) is 1. The molecular formula is C9H16N2O2. The summed E-state index contributed by atoms with van der Waals surface area (Å²) in [4.78, 5) is 12.7. The molecule has 0 amide bonds. The highest BCUT2D eigenvalue weighted by atomic mass is 16.4. The van der Waals surface area contributed by atoms with Crippen molar-refractivity contribution in [2.45, 2.75) is 12.5 Å². The monoisotopic (exact) mass is 184 g/mol. The van der Waals surface area contributed by atoms with E-state index in [1.165, 1.54) is 6.08 Å². The molecule has 4 nitrogen and oxygen atoms in total. The number of carboxylic acid groups (broad SMARTS) is 1. The normalized spacial score (nSPS) is 21.8. The van der Waals surface area contributed by atoms with Crippen LogP contribution in [0.1, 0.15) is 6.42 Å². The quantitative estimate of drug-likeness (QED) is 0.602. The minimum absolute atomic E-state index is 0.528. The van der Waals surface area contributed by atoms with Crippen molar-refractivity contribution in [3.05, 3.63) is 12.7 Å². The highest BCUT2D eigenvalue weighted by molar-refractivity contribution is 5.75. The van der Waals surface area contributed by atoms with E-state index in [-0.39, 0.29) is 0 Å². The van der Waals surface area contributed by atoms with Crippen LogP contribution in [0.25, 0.3) is 0 Å². The molecule has 1 aliphatic heterocycles. The van der Waals surface area contributed by atoms with E-state index in [0.29, 0.717) is 0 Å². The first kappa shape index (κ1) is 10.2. The summed E-state index contributed by atoms with van der Waals surface area (Å²) < 4.78 is 0. The van der Waals surface area contributed by atoms with E-state index in [2.05, 4.69) is 11.9 Å². The molecule has 0 spiro atoms. The molecule has 13 heavy (non-hydrogen) atoms. The summed E-state index contributed by atoms with van der Waals surface area (Å²) in [6.07, 6.45) is 2.49. The fourth-order valence-corrected chi connectivity index (χ4v) is 1.55. The van der Waals surface area contributed by atoms with Crippen LogP contribution >= 0.6 is 0 Å². The Hall–Kier alpha value is -0.870. The predicted molar refractivity (Wildman–Crippen MR) is 50.7 cm³/mol. The second-order valence-corrected chi connectivity index (χ2v) is 3.16. The molecular weight excluding hydrogens is 168 g/mol. The molecule has 74 valence electrons. The van der Waals surface area contributed by atoms with Crippen molar-refractivity contribution in [3.63, 3.8) is 0 Å². The Balaban J connectivity index is 2.55. The van der Waals surface area contributed by atoms with E-state index in [0.717, 1.165) is 32.6 Å². The van der Waals surface area contributed by atoms with Gasteiger partial charge in [-0.25, -0.2) is 0 Å². The summed E-state index contributed by atoms with van der Waals surface area (Å²) in [6, 6.07) is -0.528. The van der Waals surface area contributed by atoms with Gasteiger partial charge < -0.3 is 10.4 Å². The van der Waals surface area contributed by atoms with Crippen LogP contribution in [0.15, 0.2) is 12.7 Å². The van der Waals surface area contributed by atoms with E-state index >= 15 is 0 Å². The minimum Gasteiger partial charge on any atom is -0.480 e. The Morgan fingerprint density at radius 2 is 2.31 bits per heavy atom. The summed E-state index contributed by atoms with van der Waals surface area (Å²) in [5.41, 5.74) is 0. The molecule has 0 radical (unpaired) electrons. The fraction of sp³-hybridized carbons (Fsp3) is 0.667. The largest absolute Gasteiger partial charge is 0.480 e. The molecule has 0 saturated carbocycles. The fourth-order valence-electron chi connectivity index (χ4n) is 1.55. The van der Waals surface area contributed by atoms with Crippen molar-refractivity contribution in [1.82, 2.24) is 10.2 Å². The first-order chi connectivity index (χ1) is 6.25. The smallest absolute Gasteiger partial charge is 0.324 e. The van der Waals surface area contributed by atoms with Crippen LogP contribution in [0, 0.1) is 0 Å². The Morgan fingerprint density at radius 3 is 2.92 bits per heavy atom. The third kappa shape index (κ3) is 2.82. The molecule has 4 heteroatoms. The summed E-state index contributed by atoms with van der Waals surface area (Å²) in [6.45, 7) is 6.99. The Bertz CT molecular complexity index is 186. The molecule has 1 aliphatic rings. The van der Waals surface area contributed by atoms with Gasteiger partial charge in [-0.3, -0.25) is 9.69 Å². The summed E-state index contributed by atoms with van der Waals surface area (Å²) in [5, 5.41) is 12.1. The van der Waals surface area contributed by atoms with Crippen LogP contribution in [0.5, 0.6) is 0 Å². The lowest BCUT2D eigenvalue weighted by Crippen LogP contribution is -2.41. The number of carboxylic acids is 1. The highest BCUT2D eigenvalue weighted by Crippen LogP contribution is 2.03. The Morgan fingerprint density at radius 1 is 1.54 bits per heavy atom. The van der Waals surface area contributed by atoms with Crippen LogP contribution in [-0.4, -0.2) is 48.2 Å². The number of aliphatic carboxylic acids is 1. The molecule has 1 atom stereocenters. The Labute approximate surface area is 78.2 Å². The summed E-state index contributed by atoms with van der Waals surface area (Å²) in [7, 11) is 0. The first-order valence-electron chi connectivity index (χ1n) is 4.56. The summed E-state index contributed by atoms with van der Waals surface area (Å²) >= 11 is 0. The molecule has 2 N–H and O–H groups in total. The van der Waals surface area contributed by atoms with Gasteiger partial charge in [-0.05, 0) is 13.0 Å². The predicted octanol–water partition coefficient (Wildman–Crippen LogP) is -0.0791. The number of rotatable bonds is 3. The Kier molecular flexibility index (Phi) is 3.92. The van der Waals surface area contributed by atoms with Gasteiger partial charge in [0.25, 0.3) is 0 Å². The van der Waals surface area contributed by atoms with Crippen molar-refractivity contribution in [1.29, 1.82) is 0 Å². The van der Waals surface area contributed by atoms with Crippen molar-refractivity contribution in [3.8, 4) is 0 Å². The third-order valence-corrected chi connectivity index (χ3v) is 2.24. The van der Waals surface area contributed by atoms with Gasteiger partial charge in [-0.1, -0.05) is 6.08 Å². The van der Waals surface area contributed by atoms with E-state index in [4.69, 9.17) is 5.11 Å². The van der Waals surface area contributed by atoms with E-state index < -0.39 is 12.0 Å². The lowest BCUT2D eigenvalue weighted by molar-refractivity contribution is -0.141. The van der Waals surface area contributed by atoms with Crippen molar-refractivity contribution in [2.24, 2.45) is 0 Å². The lowest BCUT2D eigenvalue weighted by Gasteiger charge is -2.24. The molecule has 1 unspecified atom stereocenters. The van der Waals surface area contributed by atoms with Crippen LogP contribution in [-0.2, 0) is 4.79 Å². The number of carbonyl (C=O) groups is 1. The molecule has 1 fully saturated rings. The van der Waals surface area contributed by atoms with Crippen LogP contribution in [0.4, 0.5) is 0 Å². The third-order valence-electron chi connectivity index (χ3n) is 2.24. The zero-order valence-electron chi connectivity index (χ0n) is 7.70. The molecule has 1 heterocycles.